The lowest BCUT2D eigenvalue weighted by Gasteiger charge is -2.34. The SMILES string of the molecule is Cc1ccc(NC(=O)[C@H]2[C@@H]3C=C[C@]4(O3)[C@@H]2C(=O)N(CCCN2CCCCC2)[C@@H]4C(=O)NC2CCCCC2)cc1Cl. The zero-order chi connectivity index (χ0) is 27.9. The first-order chi connectivity index (χ1) is 19.4. The summed E-state index contributed by atoms with van der Waals surface area (Å²) in [6, 6.07) is 4.73. The first-order valence-corrected chi connectivity index (χ1v) is 15.5. The summed E-state index contributed by atoms with van der Waals surface area (Å²) < 4.78 is 6.49. The normalized spacial score (nSPS) is 31.9. The number of fused-ring (bicyclic) bond motifs is 1. The first-order valence-electron chi connectivity index (χ1n) is 15.1. The van der Waals surface area contributed by atoms with E-state index in [1.165, 1.54) is 25.7 Å². The lowest BCUT2D eigenvalue weighted by Crippen LogP contribution is -2.56. The molecule has 8 nitrogen and oxygen atoms in total. The van der Waals surface area contributed by atoms with Gasteiger partial charge in [-0.3, -0.25) is 14.4 Å². The van der Waals surface area contributed by atoms with Gasteiger partial charge in [0.05, 0.1) is 17.9 Å². The van der Waals surface area contributed by atoms with Crippen LogP contribution in [-0.2, 0) is 19.1 Å². The lowest BCUT2D eigenvalue weighted by atomic mass is 9.74. The number of amides is 3. The topological polar surface area (TPSA) is 91.0 Å². The van der Waals surface area contributed by atoms with Crippen LogP contribution >= 0.6 is 11.6 Å². The van der Waals surface area contributed by atoms with Gasteiger partial charge in [-0.2, -0.15) is 0 Å². The molecule has 9 heteroatoms. The van der Waals surface area contributed by atoms with Gasteiger partial charge in [-0.15, -0.1) is 0 Å². The molecule has 4 heterocycles. The van der Waals surface area contributed by atoms with Crippen LogP contribution < -0.4 is 10.6 Å². The number of aryl methyl sites for hydroxylation is 1. The molecule has 2 bridgehead atoms. The highest BCUT2D eigenvalue weighted by Crippen LogP contribution is 2.55. The van der Waals surface area contributed by atoms with Crippen LogP contribution in [0.4, 0.5) is 5.69 Å². The molecule has 3 amide bonds. The van der Waals surface area contributed by atoms with E-state index in [1.54, 1.807) is 11.0 Å². The molecule has 1 aromatic carbocycles. The maximum absolute atomic E-state index is 14.1. The average molecular weight is 569 g/mol. The fraction of sp³-hybridized carbons (Fsp3) is 0.645. The summed E-state index contributed by atoms with van der Waals surface area (Å²) in [5.41, 5.74) is 0.373. The Labute approximate surface area is 241 Å². The van der Waals surface area contributed by atoms with Crippen LogP contribution in [0.3, 0.4) is 0 Å². The summed E-state index contributed by atoms with van der Waals surface area (Å²) in [6.07, 6.45) is 13.0. The number of ether oxygens (including phenoxy) is 1. The molecule has 5 aliphatic rings. The summed E-state index contributed by atoms with van der Waals surface area (Å²) in [6.45, 7) is 5.45. The molecule has 1 saturated carbocycles. The minimum atomic E-state index is -1.13. The van der Waals surface area contributed by atoms with Gasteiger partial charge < -0.3 is 25.2 Å². The summed E-state index contributed by atoms with van der Waals surface area (Å²) >= 11 is 6.29. The van der Waals surface area contributed by atoms with Gasteiger partial charge in [-0.05, 0) is 76.4 Å². The Morgan fingerprint density at radius 1 is 1.05 bits per heavy atom. The van der Waals surface area contributed by atoms with E-state index in [-0.39, 0.29) is 23.8 Å². The molecule has 5 atom stereocenters. The number of nitrogens with one attached hydrogen (secondary N) is 2. The van der Waals surface area contributed by atoms with Gasteiger partial charge >= 0.3 is 0 Å². The Balaban J connectivity index is 1.24. The zero-order valence-electron chi connectivity index (χ0n) is 23.4. The van der Waals surface area contributed by atoms with Crippen LogP contribution in [0.25, 0.3) is 0 Å². The average Bonchev–Trinajstić information content (AvgIpc) is 3.59. The molecule has 0 radical (unpaired) electrons. The third-order valence-corrected chi connectivity index (χ3v) is 10.0. The minimum absolute atomic E-state index is 0.120. The molecule has 1 aliphatic carbocycles. The molecule has 1 aromatic rings. The highest BCUT2D eigenvalue weighted by molar-refractivity contribution is 6.31. The van der Waals surface area contributed by atoms with Gasteiger partial charge in [0.25, 0.3) is 0 Å². The van der Waals surface area contributed by atoms with Crippen LogP contribution in [-0.4, -0.2) is 77.5 Å². The second kappa shape index (κ2) is 11.5. The molecule has 6 rings (SSSR count). The molecule has 0 unspecified atom stereocenters. The molecule has 216 valence electrons. The van der Waals surface area contributed by atoms with E-state index in [0.717, 1.165) is 57.3 Å². The van der Waals surface area contributed by atoms with Crippen LogP contribution in [0, 0.1) is 18.8 Å². The number of nitrogens with zero attached hydrogens (tertiary/aromatic N) is 2. The van der Waals surface area contributed by atoms with E-state index in [9.17, 15) is 14.4 Å². The Kier molecular flexibility index (Phi) is 7.94. The molecule has 3 saturated heterocycles. The van der Waals surface area contributed by atoms with Gasteiger partial charge in [-0.25, -0.2) is 0 Å². The predicted molar refractivity (Wildman–Crippen MR) is 154 cm³/mol. The maximum Gasteiger partial charge on any atom is 0.246 e. The van der Waals surface area contributed by atoms with Gasteiger partial charge in [0.15, 0.2) is 0 Å². The Morgan fingerprint density at radius 3 is 2.55 bits per heavy atom. The van der Waals surface area contributed by atoms with Crippen molar-refractivity contribution in [1.82, 2.24) is 15.1 Å². The zero-order valence-corrected chi connectivity index (χ0v) is 24.1. The van der Waals surface area contributed by atoms with E-state index < -0.39 is 29.6 Å². The molecule has 2 N–H and O–H groups in total. The number of carbonyl (C=O) groups excluding carboxylic acids is 3. The van der Waals surface area contributed by atoms with Crippen LogP contribution in [0.2, 0.25) is 5.02 Å². The monoisotopic (exact) mass is 568 g/mol. The van der Waals surface area contributed by atoms with Gasteiger partial charge in [-0.1, -0.05) is 55.5 Å². The number of hydrogen-bond donors (Lipinski definition) is 2. The highest BCUT2D eigenvalue weighted by Gasteiger charge is 2.72. The predicted octanol–water partition coefficient (Wildman–Crippen LogP) is 4.06. The number of anilines is 1. The first kappa shape index (κ1) is 27.7. The highest BCUT2D eigenvalue weighted by atomic mass is 35.5. The summed E-state index contributed by atoms with van der Waals surface area (Å²) in [7, 11) is 0. The van der Waals surface area contributed by atoms with Gasteiger partial charge in [0.1, 0.15) is 11.6 Å². The van der Waals surface area contributed by atoms with E-state index in [1.807, 2.05) is 31.2 Å². The molecule has 0 aromatic heterocycles. The van der Waals surface area contributed by atoms with E-state index in [4.69, 9.17) is 16.3 Å². The summed E-state index contributed by atoms with van der Waals surface area (Å²) in [5.74, 6) is -2.04. The van der Waals surface area contributed by atoms with E-state index in [0.29, 0.717) is 17.3 Å². The van der Waals surface area contributed by atoms with Crippen LogP contribution in [0.1, 0.15) is 63.4 Å². The number of piperidine rings is 1. The fourth-order valence-electron chi connectivity index (χ4n) is 7.58. The molecule has 1 spiro atoms. The molecular formula is C31H41ClN4O4. The maximum atomic E-state index is 14.1. The van der Waals surface area contributed by atoms with Crippen molar-refractivity contribution in [2.75, 3.05) is 31.5 Å². The van der Waals surface area contributed by atoms with Crippen molar-refractivity contribution >= 4 is 35.0 Å². The Bertz CT molecular complexity index is 1180. The second-order valence-corrected chi connectivity index (χ2v) is 12.7. The fourth-order valence-corrected chi connectivity index (χ4v) is 7.76. The molecule has 40 heavy (non-hydrogen) atoms. The Hall–Kier alpha value is -2.42. The van der Waals surface area contributed by atoms with Crippen molar-refractivity contribution in [2.24, 2.45) is 11.8 Å². The largest absolute Gasteiger partial charge is 0.359 e. The third-order valence-electron chi connectivity index (χ3n) is 9.64. The third kappa shape index (κ3) is 5.07. The van der Waals surface area contributed by atoms with Crippen molar-refractivity contribution in [1.29, 1.82) is 0 Å². The summed E-state index contributed by atoms with van der Waals surface area (Å²) in [5, 5.41) is 6.79. The van der Waals surface area contributed by atoms with Crippen molar-refractivity contribution in [3.8, 4) is 0 Å². The number of carbonyl (C=O) groups is 3. The number of likely N-dealkylation sites (tertiary alicyclic amines) is 2. The molecule has 4 fully saturated rings. The number of benzene rings is 1. The van der Waals surface area contributed by atoms with Crippen molar-refractivity contribution in [3.05, 3.63) is 40.9 Å². The number of rotatable bonds is 8. The minimum Gasteiger partial charge on any atom is -0.359 e. The van der Waals surface area contributed by atoms with Crippen LogP contribution in [0.5, 0.6) is 0 Å². The smallest absolute Gasteiger partial charge is 0.246 e. The lowest BCUT2D eigenvalue weighted by molar-refractivity contribution is -0.141. The van der Waals surface area contributed by atoms with Gasteiger partial charge in [0.2, 0.25) is 17.7 Å². The summed E-state index contributed by atoms with van der Waals surface area (Å²) in [4.78, 5) is 45.9. The Morgan fingerprint density at radius 2 is 1.80 bits per heavy atom. The van der Waals surface area contributed by atoms with Crippen molar-refractivity contribution in [3.63, 3.8) is 0 Å². The van der Waals surface area contributed by atoms with Gasteiger partial charge in [0, 0.05) is 23.3 Å². The number of halogens is 1. The molecular weight excluding hydrogens is 528 g/mol. The van der Waals surface area contributed by atoms with Crippen molar-refractivity contribution in [2.45, 2.75) is 88.5 Å². The van der Waals surface area contributed by atoms with E-state index in [2.05, 4.69) is 15.5 Å². The van der Waals surface area contributed by atoms with E-state index >= 15 is 0 Å². The standard InChI is InChI=1S/C31H41ClN4O4/c1-20-11-12-22(19-23(20)32)34-28(37)25-24-13-14-31(40-24)26(25)30(39)36(18-8-17-35-15-6-3-7-16-35)27(31)29(38)33-21-9-4-2-5-10-21/h11-14,19,21,24-27H,2-10,15-18H2,1H3,(H,33,38)(H,34,37)/t24-,25-,26-,27+,31-/m0/s1. The van der Waals surface area contributed by atoms with Crippen molar-refractivity contribution < 1.29 is 19.1 Å². The quantitative estimate of drug-likeness (QED) is 0.462. The van der Waals surface area contributed by atoms with Crippen LogP contribution in [0.15, 0.2) is 30.4 Å². The molecule has 4 aliphatic heterocycles. The second-order valence-electron chi connectivity index (χ2n) is 12.3. The number of hydrogen-bond acceptors (Lipinski definition) is 5.